The van der Waals surface area contributed by atoms with E-state index < -0.39 is 0 Å². The Hall–Kier alpha value is -2.43. The van der Waals surface area contributed by atoms with Gasteiger partial charge < -0.3 is 10.1 Å². The lowest BCUT2D eigenvalue weighted by Gasteiger charge is -2.10. The van der Waals surface area contributed by atoms with Crippen molar-refractivity contribution in [3.8, 4) is 5.75 Å². The number of nitrogens with one attached hydrogen (secondary N) is 1. The van der Waals surface area contributed by atoms with E-state index >= 15 is 0 Å². The molecule has 3 nitrogen and oxygen atoms in total. The second-order valence-corrected chi connectivity index (χ2v) is 7.69. The molecule has 3 aromatic rings. The van der Waals surface area contributed by atoms with Crippen LogP contribution in [-0.4, -0.2) is 12.5 Å². The molecular formula is C22H20ClNO2S. The number of carbonyl (C=O) groups excluding carboxylic acids is 1. The van der Waals surface area contributed by atoms with Crippen LogP contribution in [0.1, 0.15) is 11.1 Å². The fourth-order valence-electron chi connectivity index (χ4n) is 2.45. The molecule has 0 saturated heterocycles. The molecule has 0 heterocycles. The molecule has 0 spiro atoms. The molecule has 1 N–H and O–H groups in total. The Morgan fingerprint density at radius 3 is 2.52 bits per heavy atom. The molecule has 5 heteroatoms. The van der Waals surface area contributed by atoms with Crippen LogP contribution in [0.3, 0.4) is 0 Å². The van der Waals surface area contributed by atoms with E-state index in [4.69, 9.17) is 16.3 Å². The van der Waals surface area contributed by atoms with Gasteiger partial charge in [0.2, 0.25) is 0 Å². The van der Waals surface area contributed by atoms with E-state index in [1.807, 2.05) is 36.4 Å². The summed E-state index contributed by atoms with van der Waals surface area (Å²) in [6.45, 7) is 4.10. The Morgan fingerprint density at radius 1 is 1.04 bits per heavy atom. The van der Waals surface area contributed by atoms with Crippen LogP contribution in [0.5, 0.6) is 5.75 Å². The van der Waals surface area contributed by atoms with E-state index in [-0.39, 0.29) is 12.5 Å². The molecule has 3 rings (SSSR count). The zero-order valence-corrected chi connectivity index (χ0v) is 16.7. The molecule has 0 fully saturated rings. The van der Waals surface area contributed by atoms with Crippen molar-refractivity contribution in [2.75, 3.05) is 11.9 Å². The summed E-state index contributed by atoms with van der Waals surface area (Å²) in [5.41, 5.74) is 3.22. The summed E-state index contributed by atoms with van der Waals surface area (Å²) >= 11 is 7.73. The molecule has 0 bridgehead atoms. The minimum Gasteiger partial charge on any atom is -0.482 e. The Labute approximate surface area is 168 Å². The van der Waals surface area contributed by atoms with E-state index in [1.54, 1.807) is 23.9 Å². The van der Waals surface area contributed by atoms with E-state index in [9.17, 15) is 4.79 Å². The monoisotopic (exact) mass is 397 g/mol. The lowest BCUT2D eigenvalue weighted by Crippen LogP contribution is -2.20. The standard InChI is InChI=1S/C22H20ClNO2S/c1-15-7-8-16(2)21(13-15)27-18-11-9-17(10-12-18)24-22(25)14-26-20-6-4-3-5-19(20)23/h3-13H,14H2,1-2H3,(H,24,25). The summed E-state index contributed by atoms with van der Waals surface area (Å²) in [5, 5.41) is 3.31. The van der Waals surface area contributed by atoms with Crippen LogP contribution in [0, 0.1) is 13.8 Å². The van der Waals surface area contributed by atoms with E-state index in [0.717, 1.165) is 10.6 Å². The van der Waals surface area contributed by atoms with Crippen LogP contribution in [0.2, 0.25) is 5.02 Å². The molecule has 0 saturated carbocycles. The maximum atomic E-state index is 12.1. The van der Waals surface area contributed by atoms with E-state index in [1.165, 1.54) is 16.0 Å². The first-order valence-electron chi connectivity index (χ1n) is 8.53. The predicted octanol–water partition coefficient (Wildman–Crippen LogP) is 6.13. The maximum absolute atomic E-state index is 12.1. The predicted molar refractivity (Wildman–Crippen MR) is 112 cm³/mol. The number of hydrogen-bond donors (Lipinski definition) is 1. The molecular weight excluding hydrogens is 378 g/mol. The minimum absolute atomic E-state index is 0.0945. The first-order chi connectivity index (χ1) is 13.0. The summed E-state index contributed by atoms with van der Waals surface area (Å²) < 4.78 is 5.45. The number of rotatable bonds is 6. The molecule has 0 radical (unpaired) electrons. The number of carbonyl (C=O) groups is 1. The number of amides is 1. The first-order valence-corrected chi connectivity index (χ1v) is 9.73. The van der Waals surface area contributed by atoms with Crippen molar-refractivity contribution in [1.29, 1.82) is 0 Å². The van der Waals surface area contributed by atoms with Crippen LogP contribution < -0.4 is 10.1 Å². The van der Waals surface area contributed by atoms with Crippen molar-refractivity contribution < 1.29 is 9.53 Å². The Morgan fingerprint density at radius 2 is 1.78 bits per heavy atom. The smallest absolute Gasteiger partial charge is 0.262 e. The normalized spacial score (nSPS) is 10.5. The van der Waals surface area contributed by atoms with Crippen LogP contribution in [-0.2, 0) is 4.79 Å². The highest BCUT2D eigenvalue weighted by molar-refractivity contribution is 7.99. The lowest BCUT2D eigenvalue weighted by molar-refractivity contribution is -0.118. The Balaban J connectivity index is 1.56. The molecule has 0 aliphatic carbocycles. The van der Waals surface area contributed by atoms with Gasteiger partial charge in [0.25, 0.3) is 5.91 Å². The summed E-state index contributed by atoms with van der Waals surface area (Å²) in [6, 6.07) is 21.3. The average Bonchev–Trinajstić information content (AvgIpc) is 2.66. The third-order valence-corrected chi connectivity index (χ3v) is 5.38. The number of ether oxygens (including phenoxy) is 1. The highest BCUT2D eigenvalue weighted by Crippen LogP contribution is 2.31. The molecule has 0 aliphatic rings. The van der Waals surface area contributed by atoms with Gasteiger partial charge in [0, 0.05) is 15.5 Å². The van der Waals surface area contributed by atoms with Gasteiger partial charge in [-0.15, -0.1) is 0 Å². The summed E-state index contributed by atoms with van der Waals surface area (Å²) in [6.07, 6.45) is 0. The fraction of sp³-hybridized carbons (Fsp3) is 0.136. The first kappa shape index (κ1) is 19.3. The van der Waals surface area contributed by atoms with Gasteiger partial charge in [-0.1, -0.05) is 47.6 Å². The number of para-hydroxylation sites is 1. The van der Waals surface area contributed by atoms with Crippen LogP contribution >= 0.6 is 23.4 Å². The maximum Gasteiger partial charge on any atom is 0.262 e. The molecule has 138 valence electrons. The van der Waals surface area contributed by atoms with Crippen molar-refractivity contribution in [2.45, 2.75) is 23.6 Å². The lowest BCUT2D eigenvalue weighted by atomic mass is 10.2. The SMILES string of the molecule is Cc1ccc(C)c(Sc2ccc(NC(=O)COc3ccccc3Cl)cc2)c1. The van der Waals surface area contributed by atoms with Crippen LogP contribution in [0.15, 0.2) is 76.5 Å². The average molecular weight is 398 g/mol. The van der Waals surface area contributed by atoms with Gasteiger partial charge in [0.05, 0.1) is 5.02 Å². The van der Waals surface area contributed by atoms with Gasteiger partial charge in [-0.3, -0.25) is 4.79 Å². The highest BCUT2D eigenvalue weighted by Gasteiger charge is 2.07. The van der Waals surface area contributed by atoms with Crippen molar-refractivity contribution in [1.82, 2.24) is 0 Å². The van der Waals surface area contributed by atoms with Gasteiger partial charge in [-0.05, 0) is 67.4 Å². The minimum atomic E-state index is -0.232. The van der Waals surface area contributed by atoms with Crippen LogP contribution in [0.25, 0.3) is 0 Å². The number of halogens is 1. The van der Waals surface area contributed by atoms with Crippen molar-refractivity contribution in [3.63, 3.8) is 0 Å². The quantitative estimate of drug-likeness (QED) is 0.544. The fourth-order valence-corrected chi connectivity index (χ4v) is 3.64. The molecule has 0 aliphatic heterocycles. The summed E-state index contributed by atoms with van der Waals surface area (Å²) in [7, 11) is 0. The molecule has 27 heavy (non-hydrogen) atoms. The van der Waals surface area contributed by atoms with E-state index in [0.29, 0.717) is 10.8 Å². The highest BCUT2D eigenvalue weighted by atomic mass is 35.5. The van der Waals surface area contributed by atoms with Gasteiger partial charge in [-0.2, -0.15) is 0 Å². The van der Waals surface area contributed by atoms with Crippen LogP contribution in [0.4, 0.5) is 5.69 Å². The zero-order chi connectivity index (χ0) is 19.2. The summed E-state index contributed by atoms with van der Waals surface area (Å²) in [5.74, 6) is 0.263. The molecule has 1 amide bonds. The summed E-state index contributed by atoms with van der Waals surface area (Å²) in [4.78, 5) is 14.4. The van der Waals surface area contributed by atoms with Gasteiger partial charge >= 0.3 is 0 Å². The Kier molecular flexibility index (Phi) is 6.43. The molecule has 0 unspecified atom stereocenters. The van der Waals surface area contributed by atoms with Crippen molar-refractivity contribution >= 4 is 35.0 Å². The third-order valence-electron chi connectivity index (χ3n) is 3.90. The van der Waals surface area contributed by atoms with Gasteiger partial charge in [0.1, 0.15) is 5.75 Å². The third kappa shape index (κ3) is 5.52. The van der Waals surface area contributed by atoms with Gasteiger partial charge in [-0.25, -0.2) is 0 Å². The largest absolute Gasteiger partial charge is 0.482 e. The van der Waals surface area contributed by atoms with Gasteiger partial charge in [0.15, 0.2) is 6.61 Å². The molecule has 3 aromatic carbocycles. The second-order valence-electron chi connectivity index (χ2n) is 6.16. The number of benzene rings is 3. The number of aryl methyl sites for hydroxylation is 2. The number of hydrogen-bond acceptors (Lipinski definition) is 3. The van der Waals surface area contributed by atoms with Crippen molar-refractivity contribution in [3.05, 3.63) is 82.9 Å². The van der Waals surface area contributed by atoms with E-state index in [2.05, 4.69) is 37.4 Å². The number of anilines is 1. The van der Waals surface area contributed by atoms with Crippen molar-refractivity contribution in [2.24, 2.45) is 0 Å². The molecule has 0 aromatic heterocycles. The zero-order valence-electron chi connectivity index (χ0n) is 15.2. The molecule has 0 atom stereocenters. The Bertz CT molecular complexity index is 941. The topological polar surface area (TPSA) is 38.3 Å². The second kappa shape index (κ2) is 8.98.